The number of halogens is 2. The lowest BCUT2D eigenvalue weighted by Gasteiger charge is -2.32. The first-order chi connectivity index (χ1) is 18.2. The minimum Gasteiger partial charge on any atom is -0.493 e. The van der Waals surface area contributed by atoms with Crippen LogP contribution in [0.2, 0.25) is 10.0 Å². The van der Waals surface area contributed by atoms with E-state index < -0.39 is 22.1 Å². The molecule has 0 unspecified atom stereocenters. The van der Waals surface area contributed by atoms with Gasteiger partial charge in [-0.25, -0.2) is 13.2 Å². The Morgan fingerprint density at radius 2 is 1.68 bits per heavy atom. The third kappa shape index (κ3) is 7.32. The molecule has 8 nitrogen and oxygen atoms in total. The first kappa shape index (κ1) is 28.0. The van der Waals surface area contributed by atoms with Crippen molar-refractivity contribution in [2.45, 2.75) is 30.3 Å². The molecule has 0 aromatic heterocycles. The minimum atomic E-state index is -3.73. The molecule has 0 amide bonds. The number of hydrogen-bond donors (Lipinski definition) is 1. The predicted octanol–water partition coefficient (Wildman–Crippen LogP) is 5.77. The second-order valence-electron chi connectivity index (χ2n) is 8.67. The molecule has 0 aliphatic carbocycles. The number of benzene rings is 3. The lowest BCUT2D eigenvalue weighted by Crippen LogP contribution is -2.44. The highest BCUT2D eigenvalue weighted by atomic mass is 35.5. The van der Waals surface area contributed by atoms with Gasteiger partial charge in [0.05, 0.1) is 24.7 Å². The fraction of sp³-hybridized carbons (Fsp3) is 0.296. The van der Waals surface area contributed by atoms with Crippen molar-refractivity contribution in [1.82, 2.24) is 4.31 Å². The lowest BCUT2D eigenvalue weighted by atomic mass is 10.1. The summed E-state index contributed by atoms with van der Waals surface area (Å²) >= 11 is 11.8. The molecule has 4 rings (SSSR count). The molecule has 1 heterocycles. The summed E-state index contributed by atoms with van der Waals surface area (Å²) in [5.41, 5.74) is -0.0414. The number of hydrogen-bond acceptors (Lipinski definition) is 6. The Labute approximate surface area is 231 Å². The van der Waals surface area contributed by atoms with Crippen LogP contribution in [0.4, 0.5) is 0 Å². The number of rotatable bonds is 11. The summed E-state index contributed by atoms with van der Waals surface area (Å²) in [5.74, 6) is 0.0680. The van der Waals surface area contributed by atoms with Gasteiger partial charge >= 0.3 is 5.97 Å². The zero-order chi connectivity index (χ0) is 27.1. The normalized spacial score (nSPS) is 16.1. The van der Waals surface area contributed by atoms with Crippen LogP contribution in [0.25, 0.3) is 0 Å². The average molecular weight is 580 g/mol. The maximum atomic E-state index is 13.1. The molecule has 38 heavy (non-hydrogen) atoms. The summed E-state index contributed by atoms with van der Waals surface area (Å²) in [7, 11) is -3.73. The second-order valence-corrected chi connectivity index (χ2v) is 11.5. The van der Waals surface area contributed by atoms with E-state index >= 15 is 0 Å². The molecule has 1 N–H and O–H groups in total. The van der Waals surface area contributed by atoms with Gasteiger partial charge in [0.25, 0.3) is 0 Å². The quantitative estimate of drug-likeness (QED) is 0.287. The van der Waals surface area contributed by atoms with Gasteiger partial charge in [0, 0.05) is 23.0 Å². The smallest absolute Gasteiger partial charge is 0.339 e. The SMILES string of the molecule is O=C(O)c1cc(O[C@H]2CCCN(S(=O)(=O)c3cccc(Cl)c3)C2)ccc1OCCCOc1ccc(Cl)cc1. The van der Waals surface area contributed by atoms with Crippen molar-refractivity contribution < 1.29 is 32.5 Å². The summed E-state index contributed by atoms with van der Waals surface area (Å²) in [6.45, 7) is 1.15. The Bertz CT molecular complexity index is 1370. The molecular formula is C27H27Cl2NO7S. The fourth-order valence-electron chi connectivity index (χ4n) is 4.03. The molecular weight excluding hydrogens is 553 g/mol. The van der Waals surface area contributed by atoms with Gasteiger partial charge in [-0.1, -0.05) is 29.3 Å². The van der Waals surface area contributed by atoms with Crippen LogP contribution >= 0.6 is 23.2 Å². The molecule has 1 aliphatic rings. The summed E-state index contributed by atoms with van der Waals surface area (Å²) < 4.78 is 44.8. The highest BCUT2D eigenvalue weighted by Gasteiger charge is 2.31. The number of aromatic carboxylic acids is 1. The van der Waals surface area contributed by atoms with Gasteiger partial charge in [-0.15, -0.1) is 0 Å². The van der Waals surface area contributed by atoms with Gasteiger partial charge in [-0.05, 0) is 73.5 Å². The van der Waals surface area contributed by atoms with Crippen LogP contribution in [0.15, 0.2) is 71.6 Å². The monoisotopic (exact) mass is 579 g/mol. The van der Waals surface area contributed by atoms with Crippen LogP contribution in [0.3, 0.4) is 0 Å². The molecule has 3 aromatic rings. The number of carboxylic acids is 1. The summed E-state index contributed by atoms with van der Waals surface area (Å²) in [6.07, 6.45) is 1.35. The van der Waals surface area contributed by atoms with Crippen molar-refractivity contribution in [3.05, 3.63) is 82.3 Å². The number of ether oxygens (including phenoxy) is 3. The van der Waals surface area contributed by atoms with Crippen molar-refractivity contribution in [2.75, 3.05) is 26.3 Å². The van der Waals surface area contributed by atoms with E-state index in [4.69, 9.17) is 37.4 Å². The van der Waals surface area contributed by atoms with Crippen LogP contribution in [-0.4, -0.2) is 56.2 Å². The van der Waals surface area contributed by atoms with Gasteiger partial charge < -0.3 is 19.3 Å². The first-order valence-electron chi connectivity index (χ1n) is 12.0. The van der Waals surface area contributed by atoms with E-state index in [0.29, 0.717) is 54.0 Å². The van der Waals surface area contributed by atoms with E-state index in [2.05, 4.69) is 0 Å². The third-order valence-corrected chi connectivity index (χ3v) is 8.24. The third-order valence-electron chi connectivity index (χ3n) is 5.89. The Morgan fingerprint density at radius 3 is 2.42 bits per heavy atom. The van der Waals surface area contributed by atoms with E-state index in [-0.39, 0.29) is 29.4 Å². The number of piperidine rings is 1. The largest absolute Gasteiger partial charge is 0.493 e. The summed E-state index contributed by atoms with van der Waals surface area (Å²) in [5, 5.41) is 10.7. The van der Waals surface area contributed by atoms with E-state index in [1.807, 2.05) is 0 Å². The second kappa shape index (κ2) is 12.7. The molecule has 0 radical (unpaired) electrons. The molecule has 202 valence electrons. The molecule has 0 saturated carbocycles. The van der Waals surface area contributed by atoms with Crippen LogP contribution in [0.5, 0.6) is 17.2 Å². The number of carboxylic acid groups (broad SMARTS) is 1. The van der Waals surface area contributed by atoms with Crippen LogP contribution in [0.1, 0.15) is 29.6 Å². The maximum absolute atomic E-state index is 13.1. The highest BCUT2D eigenvalue weighted by Crippen LogP contribution is 2.28. The van der Waals surface area contributed by atoms with Crippen molar-refractivity contribution in [1.29, 1.82) is 0 Å². The molecule has 1 aliphatic heterocycles. The minimum absolute atomic E-state index is 0.0414. The first-order valence-corrected chi connectivity index (χ1v) is 14.2. The Hall–Kier alpha value is -2.98. The Balaban J connectivity index is 1.34. The lowest BCUT2D eigenvalue weighted by molar-refractivity contribution is 0.0690. The maximum Gasteiger partial charge on any atom is 0.339 e. The Morgan fingerprint density at radius 1 is 0.947 bits per heavy atom. The molecule has 1 atom stereocenters. The average Bonchev–Trinajstić information content (AvgIpc) is 2.90. The zero-order valence-corrected chi connectivity index (χ0v) is 22.7. The van der Waals surface area contributed by atoms with Crippen molar-refractivity contribution in [3.63, 3.8) is 0 Å². The van der Waals surface area contributed by atoms with Crippen LogP contribution in [0, 0.1) is 0 Å². The van der Waals surface area contributed by atoms with E-state index in [9.17, 15) is 18.3 Å². The highest BCUT2D eigenvalue weighted by molar-refractivity contribution is 7.89. The molecule has 0 spiro atoms. The van der Waals surface area contributed by atoms with Crippen molar-refractivity contribution >= 4 is 39.2 Å². The standard InChI is InChI=1S/C27H27Cl2NO7S/c28-19-7-9-21(10-8-19)35-14-3-15-36-26-12-11-22(17-25(26)27(31)32)37-23-5-2-13-30(18-23)38(33,34)24-6-1-4-20(29)16-24/h1,4,6-12,16-17,23H,2-3,5,13-15,18H2,(H,31,32)/t23-/m0/s1. The topological polar surface area (TPSA) is 102 Å². The Kier molecular flexibility index (Phi) is 9.38. The van der Waals surface area contributed by atoms with E-state index in [0.717, 1.165) is 0 Å². The van der Waals surface area contributed by atoms with Crippen molar-refractivity contribution in [2.24, 2.45) is 0 Å². The van der Waals surface area contributed by atoms with Crippen LogP contribution in [-0.2, 0) is 10.0 Å². The molecule has 0 bridgehead atoms. The number of carbonyl (C=O) groups is 1. The molecule has 11 heteroatoms. The molecule has 3 aromatic carbocycles. The van der Waals surface area contributed by atoms with Gasteiger partial charge in [-0.3, -0.25) is 0 Å². The number of sulfonamides is 1. The number of nitrogens with zero attached hydrogens (tertiary/aromatic N) is 1. The van der Waals surface area contributed by atoms with Gasteiger partial charge in [-0.2, -0.15) is 4.31 Å². The van der Waals surface area contributed by atoms with Gasteiger partial charge in [0.1, 0.15) is 28.9 Å². The zero-order valence-electron chi connectivity index (χ0n) is 20.4. The van der Waals surface area contributed by atoms with Gasteiger partial charge in [0.15, 0.2) is 0 Å². The van der Waals surface area contributed by atoms with E-state index in [1.165, 1.54) is 22.5 Å². The fourth-order valence-corrected chi connectivity index (χ4v) is 5.96. The summed E-state index contributed by atoms with van der Waals surface area (Å²) in [4.78, 5) is 12.0. The van der Waals surface area contributed by atoms with Gasteiger partial charge in [0.2, 0.25) is 10.0 Å². The summed E-state index contributed by atoms with van der Waals surface area (Å²) in [6, 6.07) is 17.7. The molecule has 1 saturated heterocycles. The molecule has 1 fully saturated rings. The van der Waals surface area contributed by atoms with E-state index in [1.54, 1.807) is 48.5 Å². The van der Waals surface area contributed by atoms with Crippen LogP contribution < -0.4 is 14.2 Å². The predicted molar refractivity (Wildman–Crippen MR) is 144 cm³/mol. The van der Waals surface area contributed by atoms with Crippen molar-refractivity contribution in [3.8, 4) is 17.2 Å².